The van der Waals surface area contributed by atoms with Crippen molar-refractivity contribution in [3.8, 4) is 5.75 Å². The molecule has 4 nitrogen and oxygen atoms in total. The number of hydrogen-bond donors (Lipinski definition) is 2. The van der Waals surface area contributed by atoms with Gasteiger partial charge in [0, 0.05) is 0 Å². The highest BCUT2D eigenvalue weighted by atomic mass is 35.5. The van der Waals surface area contributed by atoms with Gasteiger partial charge in [-0.15, -0.1) is 12.4 Å². The Kier molecular flexibility index (Phi) is 7.70. The Labute approximate surface area is 112 Å². The van der Waals surface area contributed by atoms with Crippen LogP contribution in [0.1, 0.15) is 6.92 Å². The quantitative estimate of drug-likeness (QED) is 0.860. The van der Waals surface area contributed by atoms with Gasteiger partial charge in [0.25, 0.3) is 0 Å². The van der Waals surface area contributed by atoms with Crippen molar-refractivity contribution in [2.45, 2.75) is 13.0 Å². The summed E-state index contributed by atoms with van der Waals surface area (Å²) >= 11 is 5.93. The van der Waals surface area contributed by atoms with Gasteiger partial charge in [0.2, 0.25) is 5.91 Å². The molecule has 0 aliphatic heterocycles. The highest BCUT2D eigenvalue weighted by Gasteiger charge is 2.07. The van der Waals surface area contributed by atoms with Crippen molar-refractivity contribution in [2.75, 3.05) is 13.1 Å². The maximum Gasteiger partial charge on any atom is 0.233 e. The summed E-state index contributed by atoms with van der Waals surface area (Å²) in [5.74, 6) is 0.410. The highest BCUT2D eigenvalue weighted by Crippen LogP contribution is 2.23. The second-order valence-corrected chi connectivity index (χ2v) is 3.77. The number of para-hydroxylation sites is 1. The summed E-state index contributed by atoms with van der Waals surface area (Å²) < 4.78 is 5.55. The summed E-state index contributed by atoms with van der Waals surface area (Å²) in [6.07, 6.45) is -0.157. The highest BCUT2D eigenvalue weighted by molar-refractivity contribution is 6.32. The lowest BCUT2D eigenvalue weighted by atomic mass is 10.3. The zero-order valence-corrected chi connectivity index (χ0v) is 11.1. The predicted octanol–water partition coefficient (Wildman–Crippen LogP) is 1.60. The average molecular weight is 279 g/mol. The van der Waals surface area contributed by atoms with Crippen molar-refractivity contribution >= 4 is 29.9 Å². The van der Waals surface area contributed by atoms with Gasteiger partial charge in [-0.2, -0.15) is 0 Å². The van der Waals surface area contributed by atoms with Crippen molar-refractivity contribution < 1.29 is 9.53 Å². The molecule has 0 saturated heterocycles. The maximum atomic E-state index is 10.9. The van der Waals surface area contributed by atoms with Crippen LogP contribution in [-0.4, -0.2) is 25.1 Å². The second kappa shape index (κ2) is 8.17. The van der Waals surface area contributed by atoms with E-state index < -0.39 is 0 Å². The van der Waals surface area contributed by atoms with E-state index in [1.54, 1.807) is 12.1 Å². The zero-order valence-electron chi connectivity index (χ0n) is 9.48. The molecule has 0 heterocycles. The molecule has 0 aliphatic rings. The molecule has 1 aromatic carbocycles. The minimum atomic E-state index is -0.199. The molecule has 0 fully saturated rings. The second-order valence-electron chi connectivity index (χ2n) is 3.37. The zero-order chi connectivity index (χ0) is 12.0. The molecule has 96 valence electrons. The van der Waals surface area contributed by atoms with Crippen LogP contribution in [0.15, 0.2) is 24.3 Å². The van der Waals surface area contributed by atoms with Gasteiger partial charge in [0.15, 0.2) is 0 Å². The van der Waals surface area contributed by atoms with Crippen molar-refractivity contribution in [1.82, 2.24) is 5.32 Å². The molecular formula is C11H16Cl2N2O2. The summed E-state index contributed by atoms with van der Waals surface area (Å²) in [6.45, 7) is 2.24. The SMILES string of the molecule is CC(CNC(=O)CN)Oc1ccccc1Cl.Cl. The Morgan fingerprint density at radius 1 is 1.53 bits per heavy atom. The Morgan fingerprint density at radius 3 is 2.76 bits per heavy atom. The van der Waals surface area contributed by atoms with Crippen LogP contribution >= 0.6 is 24.0 Å². The molecule has 1 atom stereocenters. The smallest absolute Gasteiger partial charge is 0.233 e. The lowest BCUT2D eigenvalue weighted by molar-refractivity contribution is -0.120. The molecule has 6 heteroatoms. The van der Waals surface area contributed by atoms with Crippen LogP contribution in [0.2, 0.25) is 5.02 Å². The first kappa shape index (κ1) is 16.0. The van der Waals surface area contributed by atoms with E-state index in [1.165, 1.54) is 0 Å². The molecular weight excluding hydrogens is 263 g/mol. The predicted molar refractivity (Wildman–Crippen MR) is 70.9 cm³/mol. The first-order valence-corrected chi connectivity index (χ1v) is 5.39. The molecule has 0 aliphatic carbocycles. The summed E-state index contributed by atoms with van der Waals surface area (Å²) in [5, 5.41) is 3.19. The Hall–Kier alpha value is -0.970. The number of amides is 1. The maximum absolute atomic E-state index is 10.9. The van der Waals surface area contributed by atoms with Gasteiger partial charge in [-0.25, -0.2) is 0 Å². The third-order valence-corrected chi connectivity index (χ3v) is 2.25. The number of nitrogens with two attached hydrogens (primary N) is 1. The van der Waals surface area contributed by atoms with Crippen molar-refractivity contribution in [2.24, 2.45) is 5.73 Å². The fraction of sp³-hybridized carbons (Fsp3) is 0.364. The molecule has 0 bridgehead atoms. The fourth-order valence-corrected chi connectivity index (χ4v) is 1.31. The first-order chi connectivity index (χ1) is 7.63. The van der Waals surface area contributed by atoms with Gasteiger partial charge >= 0.3 is 0 Å². The van der Waals surface area contributed by atoms with Crippen molar-refractivity contribution in [1.29, 1.82) is 0 Å². The topological polar surface area (TPSA) is 64.4 Å². The molecule has 1 unspecified atom stereocenters. The number of hydrogen-bond acceptors (Lipinski definition) is 3. The number of halogens is 2. The molecule has 1 rings (SSSR count). The van der Waals surface area contributed by atoms with Crippen molar-refractivity contribution in [3.05, 3.63) is 29.3 Å². The molecule has 1 aromatic rings. The van der Waals surface area contributed by atoms with Gasteiger partial charge in [-0.1, -0.05) is 23.7 Å². The van der Waals surface area contributed by atoms with Crippen LogP contribution in [0.4, 0.5) is 0 Å². The Morgan fingerprint density at radius 2 is 2.18 bits per heavy atom. The normalized spacial score (nSPS) is 11.2. The molecule has 0 aromatic heterocycles. The summed E-state index contributed by atoms with van der Waals surface area (Å²) in [7, 11) is 0. The third-order valence-electron chi connectivity index (χ3n) is 1.94. The molecule has 0 radical (unpaired) electrons. The number of nitrogens with one attached hydrogen (secondary N) is 1. The van der Waals surface area contributed by atoms with E-state index in [1.807, 2.05) is 19.1 Å². The summed E-state index contributed by atoms with van der Waals surface area (Å²) in [4.78, 5) is 10.9. The van der Waals surface area contributed by atoms with E-state index in [0.29, 0.717) is 17.3 Å². The molecule has 17 heavy (non-hydrogen) atoms. The monoisotopic (exact) mass is 278 g/mol. The largest absolute Gasteiger partial charge is 0.487 e. The third kappa shape index (κ3) is 5.77. The number of carbonyl (C=O) groups is 1. The lowest BCUT2D eigenvalue weighted by Crippen LogP contribution is -2.37. The van der Waals surface area contributed by atoms with E-state index in [9.17, 15) is 4.79 Å². The molecule has 3 N–H and O–H groups in total. The fourth-order valence-electron chi connectivity index (χ4n) is 1.13. The number of ether oxygens (including phenoxy) is 1. The molecule has 0 saturated carbocycles. The average Bonchev–Trinajstić information content (AvgIpc) is 2.29. The van der Waals surface area contributed by atoms with E-state index in [-0.39, 0.29) is 31.0 Å². The summed E-state index contributed by atoms with van der Waals surface area (Å²) in [6, 6.07) is 7.20. The van der Waals surface area contributed by atoms with Gasteiger partial charge in [0.1, 0.15) is 11.9 Å². The van der Waals surface area contributed by atoms with Crippen LogP contribution in [-0.2, 0) is 4.79 Å². The van der Waals surface area contributed by atoms with E-state index >= 15 is 0 Å². The van der Waals surface area contributed by atoms with Crippen LogP contribution in [0.3, 0.4) is 0 Å². The standard InChI is InChI=1S/C11H15ClN2O2.ClH/c1-8(7-14-11(15)6-13)16-10-5-3-2-4-9(10)12;/h2-5,8H,6-7,13H2,1H3,(H,14,15);1H. The van der Waals surface area contributed by atoms with E-state index in [0.717, 1.165) is 0 Å². The number of benzene rings is 1. The molecule has 0 spiro atoms. The van der Waals surface area contributed by atoms with E-state index in [4.69, 9.17) is 22.1 Å². The van der Waals surface area contributed by atoms with Crippen molar-refractivity contribution in [3.63, 3.8) is 0 Å². The van der Waals surface area contributed by atoms with Crippen LogP contribution < -0.4 is 15.8 Å². The Balaban J connectivity index is 0.00000256. The summed E-state index contributed by atoms with van der Waals surface area (Å²) in [5.41, 5.74) is 5.16. The van der Waals surface area contributed by atoms with Crippen LogP contribution in [0.25, 0.3) is 0 Å². The first-order valence-electron chi connectivity index (χ1n) is 5.01. The Bertz CT molecular complexity index is 361. The number of carbonyl (C=O) groups excluding carboxylic acids is 1. The lowest BCUT2D eigenvalue weighted by Gasteiger charge is -2.15. The molecule has 1 amide bonds. The van der Waals surface area contributed by atoms with Gasteiger partial charge in [-0.05, 0) is 19.1 Å². The van der Waals surface area contributed by atoms with E-state index in [2.05, 4.69) is 5.32 Å². The van der Waals surface area contributed by atoms with Crippen LogP contribution in [0.5, 0.6) is 5.75 Å². The van der Waals surface area contributed by atoms with Gasteiger partial charge in [0.05, 0.1) is 18.1 Å². The van der Waals surface area contributed by atoms with Gasteiger partial charge in [-0.3, -0.25) is 4.79 Å². The minimum Gasteiger partial charge on any atom is -0.487 e. The minimum absolute atomic E-state index is 0. The number of rotatable bonds is 5. The van der Waals surface area contributed by atoms with Gasteiger partial charge < -0.3 is 15.8 Å². The van der Waals surface area contributed by atoms with Crippen LogP contribution in [0, 0.1) is 0 Å².